The highest BCUT2D eigenvalue weighted by Gasteiger charge is 2.21. The number of rotatable bonds is 6. The normalized spacial score (nSPS) is 14.8. The molecule has 7 heteroatoms. The summed E-state index contributed by atoms with van der Waals surface area (Å²) in [7, 11) is 1.49. The number of hydrogen-bond acceptors (Lipinski definition) is 6. The molecule has 0 N–H and O–H groups in total. The van der Waals surface area contributed by atoms with Gasteiger partial charge in [0.25, 0.3) is 0 Å². The van der Waals surface area contributed by atoms with Gasteiger partial charge < -0.3 is 9.64 Å². The van der Waals surface area contributed by atoms with E-state index in [9.17, 15) is 10.1 Å². The second-order valence-electron chi connectivity index (χ2n) is 7.61. The van der Waals surface area contributed by atoms with E-state index < -0.39 is 0 Å². The van der Waals surface area contributed by atoms with Crippen LogP contribution in [0.4, 0.5) is 11.4 Å². The molecule has 0 aliphatic carbocycles. The fourth-order valence-corrected chi connectivity index (χ4v) is 4.12. The molecule has 0 radical (unpaired) electrons. The van der Waals surface area contributed by atoms with E-state index in [0.717, 1.165) is 55.9 Å². The van der Waals surface area contributed by atoms with Crippen molar-refractivity contribution in [2.24, 2.45) is 0 Å². The number of nitro groups is 1. The van der Waals surface area contributed by atoms with Crippen molar-refractivity contribution in [2.45, 2.75) is 13.3 Å². The number of methoxy groups -OCH3 is 1. The minimum Gasteiger partial charge on any atom is -0.490 e. The summed E-state index contributed by atoms with van der Waals surface area (Å²) in [6.45, 7) is 6.62. The lowest BCUT2D eigenvalue weighted by molar-refractivity contribution is -0.385. The monoisotopic (exact) mass is 406 g/mol. The van der Waals surface area contributed by atoms with Crippen LogP contribution in [-0.4, -0.2) is 54.6 Å². The number of ether oxygens (including phenoxy) is 1. The maximum absolute atomic E-state index is 11.2. The van der Waals surface area contributed by atoms with Gasteiger partial charge in [-0.2, -0.15) is 0 Å². The molecule has 2 aromatic carbocycles. The topological polar surface area (TPSA) is 71.7 Å². The number of aromatic nitrogens is 1. The summed E-state index contributed by atoms with van der Waals surface area (Å²) in [6, 6.07) is 15.6. The molecule has 0 atom stereocenters. The average Bonchev–Trinajstić information content (AvgIpc) is 2.77. The summed E-state index contributed by atoms with van der Waals surface area (Å²) < 4.78 is 5.33. The number of para-hydroxylation sites is 2. The van der Waals surface area contributed by atoms with Crippen molar-refractivity contribution in [3.8, 4) is 5.75 Å². The molecule has 0 spiro atoms. The van der Waals surface area contributed by atoms with Crippen LogP contribution in [0.2, 0.25) is 0 Å². The first-order valence-corrected chi connectivity index (χ1v) is 10.2. The molecule has 0 unspecified atom stereocenters. The molecule has 7 nitrogen and oxygen atoms in total. The molecule has 3 aromatic rings. The number of nitrogens with zero attached hydrogens (tertiary/aromatic N) is 4. The third-order valence-electron chi connectivity index (χ3n) is 5.73. The molecular formula is C23H26N4O3. The minimum atomic E-state index is -0.388. The van der Waals surface area contributed by atoms with Gasteiger partial charge in [-0.1, -0.05) is 30.3 Å². The average molecular weight is 406 g/mol. The summed E-state index contributed by atoms with van der Waals surface area (Å²) in [4.78, 5) is 20.4. The number of pyridine rings is 1. The number of piperazine rings is 1. The van der Waals surface area contributed by atoms with Gasteiger partial charge in [0.15, 0.2) is 5.75 Å². The van der Waals surface area contributed by atoms with Gasteiger partial charge in [0.1, 0.15) is 0 Å². The molecule has 30 heavy (non-hydrogen) atoms. The zero-order valence-electron chi connectivity index (χ0n) is 17.4. The van der Waals surface area contributed by atoms with Gasteiger partial charge in [-0.05, 0) is 25.5 Å². The lowest BCUT2D eigenvalue weighted by Gasteiger charge is -2.36. The molecule has 0 saturated carbocycles. The SMILES string of the molecule is COc1c(CCN2CCN(c3cccc4ccc(C)nc34)CC2)cccc1[N+](=O)[O-]. The first-order chi connectivity index (χ1) is 14.6. The van der Waals surface area contributed by atoms with E-state index in [0.29, 0.717) is 5.75 Å². The van der Waals surface area contributed by atoms with E-state index in [1.165, 1.54) is 24.2 Å². The molecule has 1 aromatic heterocycles. The second kappa shape index (κ2) is 8.67. The Morgan fingerprint density at radius 1 is 1.07 bits per heavy atom. The molecule has 1 saturated heterocycles. The minimum absolute atomic E-state index is 0.0265. The van der Waals surface area contributed by atoms with Crippen LogP contribution < -0.4 is 9.64 Å². The standard InChI is InChI=1S/C23H26N4O3/c1-17-9-10-18-5-3-7-20(22(18)24-17)26-15-13-25(14-16-26)12-11-19-6-4-8-21(27(28)29)23(19)30-2/h3-10H,11-16H2,1-2H3. The molecule has 156 valence electrons. The maximum atomic E-state index is 11.2. The van der Waals surface area contributed by atoms with Gasteiger partial charge in [0.2, 0.25) is 0 Å². The third-order valence-corrected chi connectivity index (χ3v) is 5.73. The number of fused-ring (bicyclic) bond motifs is 1. The van der Waals surface area contributed by atoms with Crippen LogP contribution in [0.1, 0.15) is 11.3 Å². The number of aryl methyl sites for hydroxylation is 1. The van der Waals surface area contributed by atoms with Gasteiger partial charge >= 0.3 is 5.69 Å². The van der Waals surface area contributed by atoms with Crippen molar-refractivity contribution < 1.29 is 9.66 Å². The van der Waals surface area contributed by atoms with Crippen LogP contribution in [0, 0.1) is 17.0 Å². The molecule has 4 rings (SSSR count). The van der Waals surface area contributed by atoms with Crippen molar-refractivity contribution in [3.63, 3.8) is 0 Å². The summed E-state index contributed by atoms with van der Waals surface area (Å²) >= 11 is 0. The van der Waals surface area contributed by atoms with Crippen LogP contribution in [-0.2, 0) is 6.42 Å². The van der Waals surface area contributed by atoms with E-state index in [-0.39, 0.29) is 10.6 Å². The zero-order valence-corrected chi connectivity index (χ0v) is 17.4. The van der Waals surface area contributed by atoms with Crippen molar-refractivity contribution in [1.82, 2.24) is 9.88 Å². The van der Waals surface area contributed by atoms with Gasteiger partial charge in [0, 0.05) is 55.4 Å². The van der Waals surface area contributed by atoms with Crippen molar-refractivity contribution in [1.29, 1.82) is 0 Å². The van der Waals surface area contributed by atoms with Crippen LogP contribution in [0.25, 0.3) is 10.9 Å². The number of hydrogen-bond donors (Lipinski definition) is 0. The van der Waals surface area contributed by atoms with Gasteiger partial charge in [-0.15, -0.1) is 0 Å². The van der Waals surface area contributed by atoms with Crippen molar-refractivity contribution >= 4 is 22.3 Å². The zero-order chi connectivity index (χ0) is 21.1. The Bertz CT molecular complexity index is 1060. The quantitative estimate of drug-likeness (QED) is 0.458. The molecular weight excluding hydrogens is 380 g/mol. The van der Waals surface area contributed by atoms with E-state index in [4.69, 9.17) is 9.72 Å². The summed E-state index contributed by atoms with van der Waals surface area (Å²) in [5.41, 5.74) is 4.18. The van der Waals surface area contributed by atoms with Gasteiger partial charge in [-0.3, -0.25) is 20.0 Å². The van der Waals surface area contributed by atoms with Crippen LogP contribution in [0.5, 0.6) is 5.75 Å². The van der Waals surface area contributed by atoms with Crippen LogP contribution in [0.15, 0.2) is 48.5 Å². The van der Waals surface area contributed by atoms with E-state index in [1.807, 2.05) is 19.1 Å². The highest BCUT2D eigenvalue weighted by molar-refractivity contribution is 5.91. The summed E-state index contributed by atoms with van der Waals surface area (Å²) in [5.74, 6) is 0.373. The van der Waals surface area contributed by atoms with E-state index in [1.54, 1.807) is 6.07 Å². The second-order valence-corrected chi connectivity index (χ2v) is 7.61. The molecule has 1 aliphatic rings. The Labute approximate surface area is 176 Å². The van der Waals surface area contributed by atoms with Crippen LogP contribution >= 0.6 is 0 Å². The molecule has 0 bridgehead atoms. The maximum Gasteiger partial charge on any atom is 0.311 e. The Balaban J connectivity index is 1.41. The fraction of sp³-hybridized carbons (Fsp3) is 0.348. The van der Waals surface area contributed by atoms with Crippen molar-refractivity contribution in [2.75, 3.05) is 44.7 Å². The molecule has 2 heterocycles. The number of nitro benzene ring substituents is 1. The number of benzene rings is 2. The Morgan fingerprint density at radius 3 is 2.57 bits per heavy atom. The third kappa shape index (κ3) is 4.07. The van der Waals surface area contributed by atoms with Gasteiger partial charge in [0.05, 0.1) is 23.2 Å². The Kier molecular flexibility index (Phi) is 5.81. The largest absolute Gasteiger partial charge is 0.490 e. The van der Waals surface area contributed by atoms with Crippen molar-refractivity contribution in [3.05, 3.63) is 69.9 Å². The van der Waals surface area contributed by atoms with E-state index in [2.05, 4.69) is 34.1 Å². The van der Waals surface area contributed by atoms with Crippen LogP contribution in [0.3, 0.4) is 0 Å². The predicted molar refractivity (Wildman–Crippen MR) is 118 cm³/mol. The smallest absolute Gasteiger partial charge is 0.311 e. The first kappa shape index (κ1) is 20.1. The highest BCUT2D eigenvalue weighted by atomic mass is 16.6. The molecule has 0 amide bonds. The Morgan fingerprint density at radius 2 is 1.83 bits per heavy atom. The molecule has 1 fully saturated rings. The fourth-order valence-electron chi connectivity index (χ4n) is 4.12. The van der Waals surface area contributed by atoms with Gasteiger partial charge in [-0.25, -0.2) is 0 Å². The Hall–Kier alpha value is -3.19. The lowest BCUT2D eigenvalue weighted by atomic mass is 10.1. The summed E-state index contributed by atoms with van der Waals surface area (Å²) in [5, 5.41) is 12.4. The molecule has 1 aliphatic heterocycles. The lowest BCUT2D eigenvalue weighted by Crippen LogP contribution is -2.47. The summed E-state index contributed by atoms with van der Waals surface area (Å²) in [6.07, 6.45) is 0.722. The predicted octanol–water partition coefficient (Wildman–Crippen LogP) is 3.82. The highest BCUT2D eigenvalue weighted by Crippen LogP contribution is 2.31. The first-order valence-electron chi connectivity index (χ1n) is 10.2. The number of anilines is 1. The van der Waals surface area contributed by atoms with E-state index >= 15 is 0 Å².